The maximum Gasteiger partial charge on any atom is 0.407 e. The van der Waals surface area contributed by atoms with Crippen LogP contribution in [0, 0.1) is 0 Å². The highest BCUT2D eigenvalue weighted by Crippen LogP contribution is 2.29. The number of thioether (sulfide) groups is 1. The van der Waals surface area contributed by atoms with Crippen LogP contribution in [0.2, 0.25) is 0 Å². The zero-order chi connectivity index (χ0) is 23.5. The van der Waals surface area contributed by atoms with Crippen molar-refractivity contribution in [1.82, 2.24) is 30.5 Å². The normalized spacial score (nSPS) is 15.5. The number of H-pyrrole nitrogens is 1. The molecule has 3 aromatic heterocycles. The van der Waals surface area contributed by atoms with Gasteiger partial charge in [-0.25, -0.2) is 14.8 Å². The molecule has 0 spiro atoms. The number of alkyl carbamates (subject to hydrolysis) is 1. The number of nitrogens with one attached hydrogen (secondary N) is 3. The van der Waals surface area contributed by atoms with Gasteiger partial charge >= 0.3 is 6.09 Å². The van der Waals surface area contributed by atoms with Gasteiger partial charge < -0.3 is 15.4 Å². The van der Waals surface area contributed by atoms with Crippen LogP contribution in [0.25, 0.3) is 22.3 Å². The predicted octanol–water partition coefficient (Wildman–Crippen LogP) is 4.35. The number of amides is 1. The third-order valence-electron chi connectivity index (χ3n) is 5.50. The third kappa shape index (κ3) is 4.81. The number of nitrogens with zero attached hydrogens (tertiary/aromatic N) is 4. The van der Waals surface area contributed by atoms with E-state index in [9.17, 15) is 4.79 Å². The number of hydrogen-bond donors (Lipinski definition) is 3. The maximum absolute atomic E-state index is 11.3. The number of fused-ring (bicyclic) bond motifs is 1. The van der Waals surface area contributed by atoms with E-state index in [4.69, 9.17) is 14.7 Å². The Balaban J connectivity index is 1.35. The summed E-state index contributed by atoms with van der Waals surface area (Å²) in [6, 6.07) is 14.2. The van der Waals surface area contributed by atoms with Gasteiger partial charge in [-0.05, 0) is 23.6 Å². The standard InChI is InChI=1S/C24H25N7O2S/c1-14(2)19-20-21(31-30-19)22(29-23(28-20)34-13-17-12-27-24(32)33-17)26-11-15-6-8-16(9-7-15)18-5-3-4-10-25-18/h3-10,14,17H,11-13H2,1-2H3,(H,27,32)(H,30,31)(H,26,28,29). The monoisotopic (exact) mass is 475 g/mol. The van der Waals surface area contributed by atoms with Crippen LogP contribution in [0.15, 0.2) is 53.8 Å². The van der Waals surface area contributed by atoms with Gasteiger partial charge in [0.05, 0.1) is 17.9 Å². The fraction of sp³-hybridized carbons (Fsp3) is 0.292. The van der Waals surface area contributed by atoms with Gasteiger partial charge in [-0.15, -0.1) is 0 Å². The molecule has 1 aliphatic rings. The first-order chi connectivity index (χ1) is 16.6. The molecule has 9 nitrogen and oxygen atoms in total. The van der Waals surface area contributed by atoms with Gasteiger partial charge in [0.2, 0.25) is 0 Å². The zero-order valence-corrected chi connectivity index (χ0v) is 19.7. The second-order valence-electron chi connectivity index (χ2n) is 8.33. The Bertz CT molecular complexity index is 1290. The molecule has 5 rings (SSSR count). The van der Waals surface area contributed by atoms with E-state index in [0.29, 0.717) is 35.3 Å². The molecular formula is C24H25N7O2S. The first-order valence-corrected chi connectivity index (χ1v) is 12.1. The number of cyclic esters (lactones) is 1. The summed E-state index contributed by atoms with van der Waals surface area (Å²) in [5, 5.41) is 14.3. The number of anilines is 1. The van der Waals surface area contributed by atoms with Crippen molar-refractivity contribution in [2.24, 2.45) is 0 Å². The van der Waals surface area contributed by atoms with Crippen LogP contribution >= 0.6 is 11.8 Å². The topological polar surface area (TPSA) is 118 Å². The predicted molar refractivity (Wildman–Crippen MR) is 132 cm³/mol. The molecule has 1 aliphatic heterocycles. The number of carbonyl (C=O) groups excluding carboxylic acids is 1. The number of pyridine rings is 1. The molecule has 4 heterocycles. The van der Waals surface area contributed by atoms with E-state index in [-0.39, 0.29) is 18.1 Å². The van der Waals surface area contributed by atoms with Gasteiger partial charge in [0, 0.05) is 24.1 Å². The fourth-order valence-electron chi connectivity index (χ4n) is 3.69. The highest BCUT2D eigenvalue weighted by Gasteiger charge is 2.24. The Morgan fingerprint density at radius 2 is 2.00 bits per heavy atom. The first kappa shape index (κ1) is 22.1. The molecule has 1 unspecified atom stereocenters. The Morgan fingerprint density at radius 3 is 2.71 bits per heavy atom. The number of aromatic nitrogens is 5. The Hall–Kier alpha value is -3.66. The summed E-state index contributed by atoms with van der Waals surface area (Å²) < 4.78 is 5.23. The fourth-order valence-corrected chi connectivity index (χ4v) is 4.52. The largest absolute Gasteiger partial charge is 0.443 e. The van der Waals surface area contributed by atoms with Gasteiger partial charge in [-0.1, -0.05) is 55.9 Å². The molecular weight excluding hydrogens is 450 g/mol. The number of benzene rings is 1. The van der Waals surface area contributed by atoms with Crippen molar-refractivity contribution in [2.75, 3.05) is 17.6 Å². The minimum absolute atomic E-state index is 0.195. The van der Waals surface area contributed by atoms with E-state index in [1.54, 1.807) is 6.20 Å². The van der Waals surface area contributed by atoms with Gasteiger partial charge in [-0.3, -0.25) is 10.1 Å². The van der Waals surface area contributed by atoms with Gasteiger partial charge in [-0.2, -0.15) is 5.10 Å². The number of rotatable bonds is 8. The summed E-state index contributed by atoms with van der Waals surface area (Å²) in [6.07, 6.45) is 1.22. The third-order valence-corrected chi connectivity index (χ3v) is 6.48. The van der Waals surface area contributed by atoms with Crippen LogP contribution in [0.4, 0.5) is 10.6 Å². The van der Waals surface area contributed by atoms with E-state index in [1.807, 2.05) is 18.2 Å². The number of ether oxygens (including phenoxy) is 1. The van der Waals surface area contributed by atoms with Crippen LogP contribution in [0.3, 0.4) is 0 Å². The summed E-state index contributed by atoms with van der Waals surface area (Å²) in [5.41, 5.74) is 5.62. The van der Waals surface area contributed by atoms with E-state index < -0.39 is 0 Å². The number of aromatic amines is 1. The molecule has 0 radical (unpaired) electrons. The molecule has 174 valence electrons. The summed E-state index contributed by atoms with van der Waals surface area (Å²) in [5.74, 6) is 1.49. The molecule has 1 amide bonds. The molecule has 3 N–H and O–H groups in total. The van der Waals surface area contributed by atoms with E-state index >= 15 is 0 Å². The van der Waals surface area contributed by atoms with Crippen molar-refractivity contribution < 1.29 is 9.53 Å². The maximum atomic E-state index is 11.3. The highest BCUT2D eigenvalue weighted by molar-refractivity contribution is 7.99. The van der Waals surface area contributed by atoms with E-state index in [0.717, 1.165) is 28.0 Å². The summed E-state index contributed by atoms with van der Waals surface area (Å²) >= 11 is 1.47. The molecule has 1 saturated heterocycles. The van der Waals surface area contributed by atoms with E-state index in [1.165, 1.54) is 11.8 Å². The smallest absolute Gasteiger partial charge is 0.407 e. The molecule has 34 heavy (non-hydrogen) atoms. The lowest BCUT2D eigenvalue weighted by atomic mass is 10.1. The van der Waals surface area contributed by atoms with Crippen LogP contribution in [-0.4, -0.2) is 49.6 Å². The average Bonchev–Trinajstić information content (AvgIpc) is 3.48. The Labute approximate surface area is 201 Å². The van der Waals surface area contributed by atoms with Crippen molar-refractivity contribution in [3.05, 3.63) is 59.9 Å². The minimum atomic E-state index is -0.379. The Kier molecular flexibility index (Phi) is 6.31. The van der Waals surface area contributed by atoms with Crippen molar-refractivity contribution >= 4 is 34.7 Å². The number of hydrogen-bond acceptors (Lipinski definition) is 8. The van der Waals surface area contributed by atoms with Crippen molar-refractivity contribution in [3.63, 3.8) is 0 Å². The molecule has 10 heteroatoms. The second-order valence-corrected chi connectivity index (χ2v) is 9.32. The van der Waals surface area contributed by atoms with E-state index in [2.05, 4.69) is 63.9 Å². The Morgan fingerprint density at radius 1 is 1.15 bits per heavy atom. The van der Waals surface area contributed by atoms with Crippen LogP contribution < -0.4 is 10.6 Å². The van der Waals surface area contributed by atoms with Gasteiger partial charge in [0.1, 0.15) is 11.6 Å². The average molecular weight is 476 g/mol. The second kappa shape index (κ2) is 9.68. The quantitative estimate of drug-likeness (QED) is 0.254. The van der Waals surface area contributed by atoms with Gasteiger partial charge in [0.25, 0.3) is 0 Å². The van der Waals surface area contributed by atoms with Crippen molar-refractivity contribution in [3.8, 4) is 11.3 Å². The zero-order valence-electron chi connectivity index (χ0n) is 18.9. The molecule has 4 aromatic rings. The first-order valence-electron chi connectivity index (χ1n) is 11.1. The summed E-state index contributed by atoms with van der Waals surface area (Å²) in [4.78, 5) is 25.2. The summed E-state index contributed by atoms with van der Waals surface area (Å²) in [6.45, 7) is 5.28. The van der Waals surface area contributed by atoms with Crippen molar-refractivity contribution in [1.29, 1.82) is 0 Å². The number of carbonyl (C=O) groups is 1. The van der Waals surface area contributed by atoms with Crippen LogP contribution in [-0.2, 0) is 11.3 Å². The SMILES string of the molecule is CC(C)c1[nH]nc2c(NCc3ccc(-c4ccccn4)cc3)nc(SCC3CNC(=O)O3)nc12. The minimum Gasteiger partial charge on any atom is -0.443 e. The highest BCUT2D eigenvalue weighted by atomic mass is 32.2. The van der Waals surface area contributed by atoms with Crippen molar-refractivity contribution in [2.45, 2.75) is 37.6 Å². The van der Waals surface area contributed by atoms with Crippen LogP contribution in [0.5, 0.6) is 0 Å². The molecule has 1 fully saturated rings. The lowest BCUT2D eigenvalue weighted by Gasteiger charge is -2.11. The molecule has 0 saturated carbocycles. The lowest BCUT2D eigenvalue weighted by Crippen LogP contribution is -2.17. The molecule has 1 atom stereocenters. The molecule has 1 aromatic carbocycles. The summed E-state index contributed by atoms with van der Waals surface area (Å²) in [7, 11) is 0. The molecule has 0 bridgehead atoms. The van der Waals surface area contributed by atoms with Gasteiger partial charge in [0.15, 0.2) is 16.5 Å². The van der Waals surface area contributed by atoms with Crippen LogP contribution in [0.1, 0.15) is 31.0 Å². The molecule has 0 aliphatic carbocycles. The lowest BCUT2D eigenvalue weighted by molar-refractivity contribution is 0.150.